The van der Waals surface area contributed by atoms with Crippen LogP contribution in [0.4, 0.5) is 5.82 Å². The number of fused-ring (bicyclic) bond motifs is 1. The summed E-state index contributed by atoms with van der Waals surface area (Å²) in [4.78, 5) is 38.8. The minimum Gasteiger partial charge on any atom is -0.465 e. The highest BCUT2D eigenvalue weighted by Gasteiger charge is 2.24. The van der Waals surface area contributed by atoms with Crippen LogP contribution in [0.15, 0.2) is 17.3 Å². The summed E-state index contributed by atoms with van der Waals surface area (Å²) < 4.78 is 4.85. The Morgan fingerprint density at radius 1 is 1.28 bits per heavy atom. The molecule has 0 spiro atoms. The van der Waals surface area contributed by atoms with Gasteiger partial charge in [-0.3, -0.25) is 4.79 Å². The number of hydrogen-bond donors (Lipinski definition) is 1. The molecule has 0 aromatic carbocycles. The minimum absolute atomic E-state index is 0.234. The molecule has 3 aromatic heterocycles. The number of anilines is 1. The van der Waals surface area contributed by atoms with Gasteiger partial charge in [-0.15, -0.1) is 11.3 Å². The van der Waals surface area contributed by atoms with Gasteiger partial charge < -0.3 is 10.1 Å². The second-order valence-electron chi connectivity index (χ2n) is 6.04. The Labute approximate surface area is 185 Å². The Bertz CT molecular complexity index is 1120. The van der Waals surface area contributed by atoms with E-state index in [1.54, 1.807) is 13.8 Å². The maximum absolute atomic E-state index is 12.6. The molecule has 0 unspecified atom stereocenters. The number of nitrogens with zero attached hydrogens (tertiary/aromatic N) is 3. The highest BCUT2D eigenvalue weighted by Crippen LogP contribution is 2.37. The number of amides is 1. The molecule has 1 atom stereocenters. The Balaban J connectivity index is 1.89. The second-order valence-corrected chi connectivity index (χ2v) is 9.21. The van der Waals surface area contributed by atoms with Crippen LogP contribution in [-0.2, 0) is 9.53 Å². The van der Waals surface area contributed by atoms with Crippen molar-refractivity contribution in [1.82, 2.24) is 15.0 Å². The average Bonchev–Trinajstić information content (AvgIpc) is 2.99. The fraction of sp³-hybridized carbons (Fsp3) is 0.278. The number of thiophene rings is 1. The first kappa shape index (κ1) is 21.8. The summed E-state index contributed by atoms with van der Waals surface area (Å²) in [5.41, 5.74) is 0.731. The van der Waals surface area contributed by atoms with Crippen molar-refractivity contribution in [3.63, 3.8) is 0 Å². The number of halogens is 2. The van der Waals surface area contributed by atoms with Crippen molar-refractivity contribution in [1.29, 1.82) is 0 Å². The number of carbonyl (C=O) groups excluding carboxylic acids is 2. The monoisotopic (exact) mass is 470 g/mol. The van der Waals surface area contributed by atoms with Gasteiger partial charge in [0.25, 0.3) is 0 Å². The van der Waals surface area contributed by atoms with Gasteiger partial charge >= 0.3 is 5.97 Å². The molecule has 1 N–H and O–H groups in total. The van der Waals surface area contributed by atoms with Crippen LogP contribution in [0, 0.1) is 13.8 Å². The lowest BCUT2D eigenvalue weighted by Gasteiger charge is -2.13. The van der Waals surface area contributed by atoms with E-state index >= 15 is 0 Å². The number of nitrogens with one attached hydrogen (secondary N) is 1. The minimum atomic E-state index is -0.512. The standard InChI is InChI=1S/C18H16Cl2N4O3S2/c1-7-12-16(22-9(3)23-17(12)29-13(7)18(26)27-4)28-8(2)15(25)24-14-11(20)5-10(19)6-21-14/h5-6,8H,1-4H3,(H,21,24,25)/t8-/m1/s1. The fourth-order valence-electron chi connectivity index (χ4n) is 2.52. The molecule has 0 aliphatic rings. The number of esters is 1. The number of carbonyl (C=O) groups is 2. The largest absolute Gasteiger partial charge is 0.465 e. The Morgan fingerprint density at radius 3 is 2.66 bits per heavy atom. The van der Waals surface area contributed by atoms with Crippen LogP contribution in [0.2, 0.25) is 10.0 Å². The van der Waals surface area contributed by atoms with E-state index in [4.69, 9.17) is 27.9 Å². The molecule has 0 saturated carbocycles. The number of ether oxygens (including phenoxy) is 1. The van der Waals surface area contributed by atoms with Gasteiger partial charge in [0, 0.05) is 11.6 Å². The van der Waals surface area contributed by atoms with Gasteiger partial charge in [-0.25, -0.2) is 19.7 Å². The molecule has 11 heteroatoms. The number of pyridine rings is 1. The molecular weight excluding hydrogens is 455 g/mol. The van der Waals surface area contributed by atoms with Crippen LogP contribution in [0.5, 0.6) is 0 Å². The van der Waals surface area contributed by atoms with Gasteiger partial charge in [0.05, 0.1) is 22.4 Å². The topological polar surface area (TPSA) is 94.1 Å². The lowest BCUT2D eigenvalue weighted by Crippen LogP contribution is -2.23. The maximum Gasteiger partial charge on any atom is 0.348 e. The van der Waals surface area contributed by atoms with Crippen LogP contribution in [0.1, 0.15) is 28.0 Å². The van der Waals surface area contributed by atoms with E-state index in [9.17, 15) is 9.59 Å². The summed E-state index contributed by atoms with van der Waals surface area (Å²) in [5, 5.41) is 4.17. The van der Waals surface area contributed by atoms with Crippen molar-refractivity contribution in [3.05, 3.63) is 38.6 Å². The van der Waals surface area contributed by atoms with Gasteiger partial charge in [-0.05, 0) is 32.4 Å². The van der Waals surface area contributed by atoms with Gasteiger partial charge in [-0.2, -0.15) is 0 Å². The van der Waals surface area contributed by atoms with Crippen LogP contribution >= 0.6 is 46.3 Å². The lowest BCUT2D eigenvalue weighted by atomic mass is 10.2. The molecule has 0 saturated heterocycles. The highest BCUT2D eigenvalue weighted by molar-refractivity contribution is 8.00. The smallest absolute Gasteiger partial charge is 0.348 e. The van der Waals surface area contributed by atoms with Crippen molar-refractivity contribution in [3.8, 4) is 0 Å². The Hall–Kier alpha value is -1.94. The zero-order chi connectivity index (χ0) is 21.3. The number of rotatable bonds is 5. The van der Waals surface area contributed by atoms with Crippen LogP contribution in [0.3, 0.4) is 0 Å². The van der Waals surface area contributed by atoms with Crippen molar-refractivity contribution in [2.75, 3.05) is 12.4 Å². The summed E-state index contributed by atoms with van der Waals surface area (Å²) in [6, 6.07) is 1.50. The van der Waals surface area contributed by atoms with Crippen molar-refractivity contribution >= 4 is 74.2 Å². The van der Waals surface area contributed by atoms with Crippen molar-refractivity contribution in [2.24, 2.45) is 0 Å². The molecule has 0 radical (unpaired) electrons. The normalized spacial score (nSPS) is 12.1. The quantitative estimate of drug-likeness (QED) is 0.321. The summed E-state index contributed by atoms with van der Waals surface area (Å²) in [6.07, 6.45) is 1.40. The van der Waals surface area contributed by atoms with Gasteiger partial charge in [0.2, 0.25) is 5.91 Å². The van der Waals surface area contributed by atoms with E-state index in [1.807, 2.05) is 6.92 Å². The van der Waals surface area contributed by atoms with E-state index in [0.717, 1.165) is 10.9 Å². The van der Waals surface area contributed by atoms with Gasteiger partial charge in [-0.1, -0.05) is 35.0 Å². The Kier molecular flexibility index (Phi) is 6.62. The molecular formula is C18H16Cl2N4O3S2. The van der Waals surface area contributed by atoms with E-state index in [2.05, 4.69) is 20.3 Å². The number of aryl methyl sites for hydroxylation is 2. The van der Waals surface area contributed by atoms with Crippen molar-refractivity contribution < 1.29 is 14.3 Å². The number of aromatic nitrogens is 3. The third-order valence-electron chi connectivity index (χ3n) is 3.95. The molecule has 0 bridgehead atoms. The highest BCUT2D eigenvalue weighted by atomic mass is 35.5. The average molecular weight is 471 g/mol. The number of thioether (sulfide) groups is 1. The number of methoxy groups -OCH3 is 1. The third-order valence-corrected chi connectivity index (χ3v) is 6.69. The number of hydrogen-bond acceptors (Lipinski definition) is 8. The van der Waals surface area contributed by atoms with E-state index < -0.39 is 11.2 Å². The predicted octanol–water partition coefficient (Wildman–Crippen LogP) is 4.92. The molecule has 3 heterocycles. The van der Waals surface area contributed by atoms with E-state index in [0.29, 0.717) is 25.6 Å². The first-order valence-electron chi connectivity index (χ1n) is 8.35. The van der Waals surface area contributed by atoms with Crippen LogP contribution < -0.4 is 5.32 Å². The third kappa shape index (κ3) is 4.63. The lowest BCUT2D eigenvalue weighted by molar-refractivity contribution is -0.115. The second kappa shape index (κ2) is 8.83. The Morgan fingerprint density at radius 2 is 2.00 bits per heavy atom. The molecule has 0 fully saturated rings. The summed E-state index contributed by atoms with van der Waals surface area (Å²) in [7, 11) is 1.33. The fourth-order valence-corrected chi connectivity index (χ4v) is 5.21. The van der Waals surface area contributed by atoms with Gasteiger partial charge in [0.1, 0.15) is 20.6 Å². The maximum atomic E-state index is 12.6. The summed E-state index contributed by atoms with van der Waals surface area (Å²) in [5.74, 6) is 0.0653. The summed E-state index contributed by atoms with van der Waals surface area (Å²) >= 11 is 14.4. The molecule has 152 valence electrons. The SMILES string of the molecule is COC(=O)c1sc2nc(C)nc(S[C@H](C)C(=O)Nc3ncc(Cl)cc3Cl)c2c1C. The molecule has 0 aliphatic carbocycles. The first-order chi connectivity index (χ1) is 13.7. The molecule has 29 heavy (non-hydrogen) atoms. The molecule has 3 aromatic rings. The van der Waals surface area contributed by atoms with Crippen LogP contribution in [-0.4, -0.2) is 39.2 Å². The zero-order valence-corrected chi connectivity index (χ0v) is 19.0. The van der Waals surface area contributed by atoms with Crippen molar-refractivity contribution in [2.45, 2.75) is 31.0 Å². The molecule has 1 amide bonds. The first-order valence-corrected chi connectivity index (χ1v) is 10.8. The predicted molar refractivity (Wildman–Crippen MR) is 116 cm³/mol. The van der Waals surface area contributed by atoms with E-state index in [-0.39, 0.29) is 16.7 Å². The molecule has 3 rings (SSSR count). The molecule has 7 nitrogen and oxygen atoms in total. The van der Waals surface area contributed by atoms with Crippen LogP contribution in [0.25, 0.3) is 10.2 Å². The van der Waals surface area contributed by atoms with Gasteiger partial charge in [0.15, 0.2) is 5.82 Å². The summed E-state index contributed by atoms with van der Waals surface area (Å²) in [6.45, 7) is 5.32. The zero-order valence-electron chi connectivity index (χ0n) is 15.9. The molecule has 0 aliphatic heterocycles. The van der Waals surface area contributed by atoms with E-state index in [1.165, 1.54) is 42.5 Å².